The lowest BCUT2D eigenvalue weighted by molar-refractivity contribution is -0.137. The van der Waals surface area contributed by atoms with Crippen LogP contribution in [0.2, 0.25) is 0 Å². The van der Waals surface area contributed by atoms with Crippen LogP contribution in [0.25, 0.3) is 0 Å². The Morgan fingerprint density at radius 2 is 2.00 bits per heavy atom. The van der Waals surface area contributed by atoms with Crippen molar-refractivity contribution in [1.82, 2.24) is 15.5 Å². The van der Waals surface area contributed by atoms with Gasteiger partial charge in [-0.25, -0.2) is 4.79 Å². The predicted octanol–water partition coefficient (Wildman–Crippen LogP) is 1.77. The molecule has 0 saturated carbocycles. The molecule has 2 rings (SSSR count). The van der Waals surface area contributed by atoms with E-state index in [1.807, 2.05) is 37.3 Å². The molecule has 1 aliphatic heterocycles. The van der Waals surface area contributed by atoms with Gasteiger partial charge < -0.3 is 20.6 Å². The fraction of sp³-hybridized carbons (Fsp3) is 0.526. The molecule has 1 aliphatic rings. The molecule has 0 aromatic heterocycles. The average molecular weight is 361 g/mol. The van der Waals surface area contributed by atoms with E-state index in [1.54, 1.807) is 4.90 Å². The zero-order chi connectivity index (χ0) is 18.9. The smallest absolute Gasteiger partial charge is 0.315 e. The monoisotopic (exact) mass is 361 g/mol. The van der Waals surface area contributed by atoms with Crippen molar-refractivity contribution >= 4 is 17.9 Å². The normalized spacial score (nSPS) is 17.6. The minimum absolute atomic E-state index is 0.0000115. The number of nitrogens with zero attached hydrogens (tertiary/aromatic N) is 1. The van der Waals surface area contributed by atoms with Gasteiger partial charge in [0, 0.05) is 38.0 Å². The van der Waals surface area contributed by atoms with E-state index in [-0.39, 0.29) is 30.4 Å². The third kappa shape index (κ3) is 6.38. The molecule has 0 spiro atoms. The number of nitrogens with one attached hydrogen (secondary N) is 2. The summed E-state index contributed by atoms with van der Waals surface area (Å²) in [6, 6.07) is 9.03. The molecule has 7 nitrogen and oxygen atoms in total. The summed E-state index contributed by atoms with van der Waals surface area (Å²) < 4.78 is 0. The molecule has 1 fully saturated rings. The van der Waals surface area contributed by atoms with Gasteiger partial charge in [0.15, 0.2) is 0 Å². The molecule has 2 atom stereocenters. The lowest BCUT2D eigenvalue weighted by Crippen LogP contribution is -2.48. The number of urea groups is 1. The number of hydrogen-bond acceptors (Lipinski definition) is 3. The van der Waals surface area contributed by atoms with Crippen LogP contribution in [0.3, 0.4) is 0 Å². The Labute approximate surface area is 153 Å². The highest BCUT2D eigenvalue weighted by Crippen LogP contribution is 2.11. The van der Waals surface area contributed by atoms with E-state index in [0.717, 1.165) is 12.0 Å². The van der Waals surface area contributed by atoms with Crippen LogP contribution >= 0.6 is 0 Å². The molecule has 1 aromatic rings. The summed E-state index contributed by atoms with van der Waals surface area (Å²) in [5.74, 6) is -0.784. The van der Waals surface area contributed by atoms with Gasteiger partial charge in [-0.15, -0.1) is 0 Å². The van der Waals surface area contributed by atoms with E-state index in [0.29, 0.717) is 32.4 Å². The van der Waals surface area contributed by atoms with Crippen molar-refractivity contribution in [3.05, 3.63) is 35.9 Å². The molecule has 1 aromatic carbocycles. The Balaban J connectivity index is 1.87. The van der Waals surface area contributed by atoms with Crippen LogP contribution in [-0.2, 0) is 16.0 Å². The molecule has 0 bridgehead atoms. The maximum atomic E-state index is 12.3. The number of aliphatic carboxylic acids is 1. The largest absolute Gasteiger partial charge is 0.481 e. The number of carbonyl (C=O) groups excluding carboxylic acids is 2. The lowest BCUT2D eigenvalue weighted by Gasteiger charge is -2.21. The SMILES string of the molecule is CCC(=O)N1CCC(NC(=O)NC(CCC(=O)O)Cc2ccccc2)C1. The van der Waals surface area contributed by atoms with Crippen molar-refractivity contribution in [2.75, 3.05) is 13.1 Å². The van der Waals surface area contributed by atoms with E-state index in [2.05, 4.69) is 10.6 Å². The van der Waals surface area contributed by atoms with E-state index >= 15 is 0 Å². The van der Waals surface area contributed by atoms with Gasteiger partial charge in [0.05, 0.1) is 0 Å². The Hall–Kier alpha value is -2.57. The standard InChI is InChI=1S/C19H27N3O4/c1-2-17(23)22-11-10-16(13-22)21-19(26)20-15(8-9-18(24)25)12-14-6-4-3-5-7-14/h3-7,15-16H,2,8-13H2,1H3,(H,24,25)(H2,20,21,26). The Kier molecular flexibility index (Phi) is 7.44. The molecule has 1 saturated heterocycles. The summed E-state index contributed by atoms with van der Waals surface area (Å²) in [4.78, 5) is 36.7. The first kappa shape index (κ1) is 19.8. The van der Waals surface area contributed by atoms with Crippen LogP contribution in [0, 0.1) is 0 Å². The van der Waals surface area contributed by atoms with Gasteiger partial charge in [0.2, 0.25) is 5.91 Å². The lowest BCUT2D eigenvalue weighted by atomic mass is 10.0. The summed E-state index contributed by atoms with van der Waals surface area (Å²) in [7, 11) is 0. The minimum Gasteiger partial charge on any atom is -0.481 e. The third-order valence-corrected chi connectivity index (χ3v) is 4.55. The molecule has 3 N–H and O–H groups in total. The first-order valence-electron chi connectivity index (χ1n) is 9.08. The fourth-order valence-electron chi connectivity index (χ4n) is 3.16. The zero-order valence-electron chi connectivity index (χ0n) is 15.1. The van der Waals surface area contributed by atoms with E-state index in [9.17, 15) is 14.4 Å². The molecular weight excluding hydrogens is 334 g/mol. The molecule has 142 valence electrons. The van der Waals surface area contributed by atoms with Gasteiger partial charge >= 0.3 is 12.0 Å². The molecule has 7 heteroatoms. The second-order valence-corrected chi connectivity index (χ2v) is 6.62. The number of carboxylic acid groups (broad SMARTS) is 1. The van der Waals surface area contributed by atoms with Crippen molar-refractivity contribution in [2.45, 2.75) is 51.1 Å². The summed E-state index contributed by atoms with van der Waals surface area (Å²) in [5.41, 5.74) is 1.05. The van der Waals surface area contributed by atoms with Crippen LogP contribution in [0.4, 0.5) is 4.79 Å². The molecule has 2 unspecified atom stereocenters. The van der Waals surface area contributed by atoms with Crippen LogP contribution in [-0.4, -0.2) is 53.1 Å². The number of carbonyl (C=O) groups is 3. The van der Waals surface area contributed by atoms with Crippen LogP contribution < -0.4 is 10.6 Å². The summed E-state index contributed by atoms with van der Waals surface area (Å²) >= 11 is 0. The van der Waals surface area contributed by atoms with Crippen LogP contribution in [0.1, 0.15) is 38.2 Å². The van der Waals surface area contributed by atoms with E-state index < -0.39 is 5.97 Å². The number of carboxylic acids is 1. The zero-order valence-corrected chi connectivity index (χ0v) is 15.1. The predicted molar refractivity (Wildman–Crippen MR) is 97.7 cm³/mol. The molecule has 3 amide bonds. The summed E-state index contributed by atoms with van der Waals surface area (Å²) in [6.45, 7) is 3.01. The van der Waals surface area contributed by atoms with Crippen molar-refractivity contribution in [1.29, 1.82) is 0 Å². The summed E-state index contributed by atoms with van der Waals surface area (Å²) in [5, 5.41) is 14.7. The number of likely N-dealkylation sites (tertiary alicyclic amines) is 1. The van der Waals surface area contributed by atoms with Gasteiger partial charge in [-0.3, -0.25) is 9.59 Å². The average Bonchev–Trinajstić information content (AvgIpc) is 3.08. The quantitative estimate of drug-likeness (QED) is 0.657. The maximum Gasteiger partial charge on any atom is 0.315 e. The van der Waals surface area contributed by atoms with Crippen LogP contribution in [0.5, 0.6) is 0 Å². The highest BCUT2D eigenvalue weighted by molar-refractivity contribution is 5.77. The Morgan fingerprint density at radius 3 is 2.65 bits per heavy atom. The highest BCUT2D eigenvalue weighted by Gasteiger charge is 2.27. The molecule has 0 radical (unpaired) electrons. The van der Waals surface area contributed by atoms with Crippen LogP contribution in [0.15, 0.2) is 30.3 Å². The van der Waals surface area contributed by atoms with Gasteiger partial charge in [0.1, 0.15) is 0 Å². The first-order valence-corrected chi connectivity index (χ1v) is 9.08. The number of benzene rings is 1. The minimum atomic E-state index is -0.880. The van der Waals surface area contributed by atoms with Gasteiger partial charge in [-0.1, -0.05) is 37.3 Å². The first-order chi connectivity index (χ1) is 12.5. The van der Waals surface area contributed by atoms with E-state index in [4.69, 9.17) is 5.11 Å². The van der Waals surface area contributed by atoms with Gasteiger partial charge in [-0.2, -0.15) is 0 Å². The van der Waals surface area contributed by atoms with Gasteiger partial charge in [-0.05, 0) is 24.8 Å². The van der Waals surface area contributed by atoms with E-state index in [1.165, 1.54) is 0 Å². The molecule has 1 heterocycles. The second-order valence-electron chi connectivity index (χ2n) is 6.62. The van der Waals surface area contributed by atoms with Crippen molar-refractivity contribution < 1.29 is 19.5 Å². The summed E-state index contributed by atoms with van der Waals surface area (Å²) in [6.07, 6.45) is 2.14. The van der Waals surface area contributed by atoms with Crippen molar-refractivity contribution in [3.63, 3.8) is 0 Å². The Bertz CT molecular complexity index is 620. The van der Waals surface area contributed by atoms with Crippen molar-refractivity contribution in [2.24, 2.45) is 0 Å². The number of rotatable bonds is 8. The second kappa shape index (κ2) is 9.79. The maximum absolute atomic E-state index is 12.3. The topological polar surface area (TPSA) is 98.7 Å². The number of hydrogen-bond donors (Lipinski definition) is 3. The number of amides is 3. The molecule has 26 heavy (non-hydrogen) atoms. The fourth-order valence-corrected chi connectivity index (χ4v) is 3.16. The highest BCUT2D eigenvalue weighted by atomic mass is 16.4. The van der Waals surface area contributed by atoms with Crippen molar-refractivity contribution in [3.8, 4) is 0 Å². The Morgan fingerprint density at radius 1 is 1.27 bits per heavy atom. The molecular formula is C19H27N3O4. The van der Waals surface area contributed by atoms with Gasteiger partial charge in [0.25, 0.3) is 0 Å². The third-order valence-electron chi connectivity index (χ3n) is 4.55. The molecule has 0 aliphatic carbocycles.